The van der Waals surface area contributed by atoms with E-state index in [9.17, 15) is 4.79 Å². The molecule has 0 fully saturated rings. The number of carbonyl (C=O) groups excluding carboxylic acids is 1. The molecule has 1 amide bonds. The van der Waals surface area contributed by atoms with Crippen LogP contribution in [0.15, 0.2) is 24.3 Å². The second-order valence-corrected chi connectivity index (χ2v) is 3.02. The Morgan fingerprint density at radius 1 is 1.50 bits per heavy atom. The molecule has 0 aliphatic carbocycles. The SMILES string of the molecule is CCC(=O)Nc1n[nH]c2ccccc12. The molecule has 2 aromatic rings. The van der Waals surface area contributed by atoms with Crippen LogP contribution in [0.2, 0.25) is 0 Å². The summed E-state index contributed by atoms with van der Waals surface area (Å²) >= 11 is 0. The fourth-order valence-corrected chi connectivity index (χ4v) is 1.28. The second kappa shape index (κ2) is 3.49. The Morgan fingerprint density at radius 3 is 3.07 bits per heavy atom. The summed E-state index contributed by atoms with van der Waals surface area (Å²) in [6.45, 7) is 1.81. The van der Waals surface area contributed by atoms with Gasteiger partial charge in [-0.25, -0.2) is 0 Å². The number of fused-ring (bicyclic) bond motifs is 1. The van der Waals surface area contributed by atoms with Crippen LogP contribution in [0, 0.1) is 0 Å². The molecule has 1 aromatic heterocycles. The Balaban J connectivity index is 2.38. The lowest BCUT2D eigenvalue weighted by atomic mass is 10.2. The van der Waals surface area contributed by atoms with E-state index in [4.69, 9.17) is 0 Å². The Hall–Kier alpha value is -1.84. The maximum Gasteiger partial charge on any atom is 0.225 e. The first-order chi connectivity index (χ1) is 6.81. The van der Waals surface area contributed by atoms with E-state index >= 15 is 0 Å². The van der Waals surface area contributed by atoms with Crippen LogP contribution in [0.4, 0.5) is 5.82 Å². The van der Waals surface area contributed by atoms with E-state index in [-0.39, 0.29) is 5.91 Å². The highest BCUT2D eigenvalue weighted by atomic mass is 16.1. The highest BCUT2D eigenvalue weighted by Crippen LogP contribution is 2.19. The third-order valence-electron chi connectivity index (χ3n) is 2.05. The third-order valence-corrected chi connectivity index (χ3v) is 2.05. The zero-order valence-electron chi connectivity index (χ0n) is 7.87. The van der Waals surface area contributed by atoms with Gasteiger partial charge in [-0.15, -0.1) is 0 Å². The molecule has 4 heteroatoms. The Labute approximate surface area is 81.3 Å². The molecular formula is C10H11N3O. The average molecular weight is 189 g/mol. The zero-order valence-corrected chi connectivity index (χ0v) is 7.87. The molecule has 0 spiro atoms. The number of para-hydroxylation sites is 1. The van der Waals surface area contributed by atoms with Gasteiger partial charge < -0.3 is 5.32 Å². The molecule has 2 N–H and O–H groups in total. The van der Waals surface area contributed by atoms with Crippen molar-refractivity contribution in [3.63, 3.8) is 0 Å². The quantitative estimate of drug-likeness (QED) is 0.758. The molecule has 72 valence electrons. The van der Waals surface area contributed by atoms with Crippen molar-refractivity contribution < 1.29 is 4.79 Å². The Morgan fingerprint density at radius 2 is 2.29 bits per heavy atom. The molecule has 0 unspecified atom stereocenters. The lowest BCUT2D eigenvalue weighted by Crippen LogP contribution is -2.09. The van der Waals surface area contributed by atoms with E-state index in [0.717, 1.165) is 10.9 Å². The largest absolute Gasteiger partial charge is 0.309 e. The summed E-state index contributed by atoms with van der Waals surface area (Å²) in [5.74, 6) is 0.578. The molecule has 0 atom stereocenters. The fraction of sp³-hybridized carbons (Fsp3) is 0.200. The van der Waals surface area contributed by atoms with Gasteiger partial charge in [0, 0.05) is 11.8 Å². The minimum atomic E-state index is -0.0257. The van der Waals surface area contributed by atoms with Crippen LogP contribution >= 0.6 is 0 Å². The highest BCUT2D eigenvalue weighted by Gasteiger charge is 2.06. The van der Waals surface area contributed by atoms with Gasteiger partial charge in [-0.2, -0.15) is 5.10 Å². The number of aromatic nitrogens is 2. The van der Waals surface area contributed by atoms with Crippen molar-refractivity contribution in [1.82, 2.24) is 10.2 Å². The number of nitrogens with one attached hydrogen (secondary N) is 2. The summed E-state index contributed by atoms with van der Waals surface area (Å²) < 4.78 is 0. The van der Waals surface area contributed by atoms with Gasteiger partial charge in [0.2, 0.25) is 5.91 Å². The molecule has 1 heterocycles. The number of hydrogen-bond donors (Lipinski definition) is 2. The van der Waals surface area contributed by atoms with E-state index in [1.807, 2.05) is 31.2 Å². The molecule has 14 heavy (non-hydrogen) atoms. The smallest absolute Gasteiger partial charge is 0.225 e. The van der Waals surface area contributed by atoms with Crippen LogP contribution < -0.4 is 5.32 Å². The number of H-pyrrole nitrogens is 1. The maximum absolute atomic E-state index is 11.2. The van der Waals surface area contributed by atoms with Gasteiger partial charge in [0.05, 0.1) is 5.52 Å². The zero-order chi connectivity index (χ0) is 9.97. The van der Waals surface area contributed by atoms with Crippen LogP contribution in [-0.4, -0.2) is 16.1 Å². The van der Waals surface area contributed by atoms with Crippen molar-refractivity contribution in [2.75, 3.05) is 5.32 Å². The van der Waals surface area contributed by atoms with Crippen LogP contribution in [0.3, 0.4) is 0 Å². The van der Waals surface area contributed by atoms with Crippen LogP contribution in [0.1, 0.15) is 13.3 Å². The van der Waals surface area contributed by atoms with Gasteiger partial charge >= 0.3 is 0 Å². The number of hydrogen-bond acceptors (Lipinski definition) is 2. The molecule has 4 nitrogen and oxygen atoms in total. The number of aromatic amines is 1. The average Bonchev–Trinajstić information content (AvgIpc) is 2.62. The van der Waals surface area contributed by atoms with Gasteiger partial charge in [-0.05, 0) is 12.1 Å². The first-order valence-electron chi connectivity index (χ1n) is 4.54. The molecule has 0 bridgehead atoms. The second-order valence-electron chi connectivity index (χ2n) is 3.02. The molecule has 1 aromatic carbocycles. The summed E-state index contributed by atoms with van der Waals surface area (Å²) in [5.41, 5.74) is 0.930. The summed E-state index contributed by atoms with van der Waals surface area (Å²) in [4.78, 5) is 11.2. The molecule has 0 radical (unpaired) electrons. The number of benzene rings is 1. The summed E-state index contributed by atoms with van der Waals surface area (Å²) in [5, 5.41) is 10.6. The molecule has 0 saturated carbocycles. The topological polar surface area (TPSA) is 57.8 Å². The molecule has 0 aliphatic rings. The Bertz CT molecular complexity index is 461. The standard InChI is InChI=1S/C10H11N3O/c1-2-9(14)11-10-7-5-3-4-6-8(7)12-13-10/h3-6H,2H2,1H3,(H2,11,12,13,14). The first kappa shape index (κ1) is 8.74. The summed E-state index contributed by atoms with van der Waals surface area (Å²) in [6, 6.07) is 7.68. The van der Waals surface area contributed by atoms with Crippen molar-refractivity contribution in [2.45, 2.75) is 13.3 Å². The molecular weight excluding hydrogens is 178 g/mol. The number of rotatable bonds is 2. The van der Waals surface area contributed by atoms with Crippen LogP contribution in [0.25, 0.3) is 10.9 Å². The van der Waals surface area contributed by atoms with Gasteiger partial charge in [-0.1, -0.05) is 19.1 Å². The predicted molar refractivity (Wildman–Crippen MR) is 55.0 cm³/mol. The van der Waals surface area contributed by atoms with Gasteiger partial charge in [0.1, 0.15) is 0 Å². The van der Waals surface area contributed by atoms with Crippen molar-refractivity contribution in [1.29, 1.82) is 0 Å². The van der Waals surface area contributed by atoms with Crippen LogP contribution in [0.5, 0.6) is 0 Å². The van der Waals surface area contributed by atoms with Crippen LogP contribution in [-0.2, 0) is 4.79 Å². The summed E-state index contributed by atoms with van der Waals surface area (Å²) in [6.07, 6.45) is 0.460. The number of anilines is 1. The lowest BCUT2D eigenvalue weighted by molar-refractivity contribution is -0.115. The highest BCUT2D eigenvalue weighted by molar-refractivity contribution is 5.99. The van der Waals surface area contributed by atoms with Gasteiger partial charge in [0.15, 0.2) is 5.82 Å². The van der Waals surface area contributed by atoms with E-state index < -0.39 is 0 Å². The van der Waals surface area contributed by atoms with E-state index in [0.29, 0.717) is 12.2 Å². The van der Waals surface area contributed by atoms with Crippen molar-refractivity contribution in [3.8, 4) is 0 Å². The minimum Gasteiger partial charge on any atom is -0.309 e. The monoisotopic (exact) mass is 189 g/mol. The molecule has 2 rings (SSSR count). The van der Waals surface area contributed by atoms with Crippen molar-refractivity contribution in [3.05, 3.63) is 24.3 Å². The first-order valence-corrected chi connectivity index (χ1v) is 4.54. The van der Waals surface area contributed by atoms with E-state index in [1.54, 1.807) is 0 Å². The van der Waals surface area contributed by atoms with Crippen molar-refractivity contribution >= 4 is 22.6 Å². The van der Waals surface area contributed by atoms with Crippen molar-refractivity contribution in [2.24, 2.45) is 0 Å². The normalized spacial score (nSPS) is 10.4. The maximum atomic E-state index is 11.2. The minimum absolute atomic E-state index is 0.0257. The summed E-state index contributed by atoms with van der Waals surface area (Å²) in [7, 11) is 0. The Kier molecular flexibility index (Phi) is 2.18. The molecule has 0 saturated heterocycles. The van der Waals surface area contributed by atoms with Gasteiger partial charge in [-0.3, -0.25) is 9.89 Å². The van der Waals surface area contributed by atoms with E-state index in [2.05, 4.69) is 15.5 Å². The number of nitrogens with zero attached hydrogens (tertiary/aromatic N) is 1. The van der Waals surface area contributed by atoms with Gasteiger partial charge in [0.25, 0.3) is 0 Å². The lowest BCUT2D eigenvalue weighted by Gasteiger charge is -1.98. The number of carbonyl (C=O) groups is 1. The fourth-order valence-electron chi connectivity index (χ4n) is 1.28. The molecule has 0 aliphatic heterocycles. The predicted octanol–water partition coefficient (Wildman–Crippen LogP) is 1.91. The third kappa shape index (κ3) is 1.46. The van der Waals surface area contributed by atoms with E-state index in [1.165, 1.54) is 0 Å². The number of amides is 1.